The smallest absolute Gasteiger partial charge is 1.00 e. The Morgan fingerprint density at radius 3 is 1.67 bits per heavy atom. The van der Waals surface area contributed by atoms with Crippen molar-refractivity contribution in [3.63, 3.8) is 0 Å². The summed E-state index contributed by atoms with van der Waals surface area (Å²) in [4.78, 5) is 0. The Balaban J connectivity index is -0.000000180. The maximum Gasteiger partial charge on any atom is 2.00 e. The normalized spacial score (nSPS) is 6.89. The van der Waals surface area contributed by atoms with Crippen LogP contribution in [0.25, 0.3) is 0 Å². The third-order valence-corrected chi connectivity index (χ3v) is 0.546. The average Bonchev–Trinajstić information content (AvgIpc) is 1.72. The molecule has 9 heavy (non-hydrogen) atoms. The molecule has 0 aliphatic rings. The van der Waals surface area contributed by atoms with Gasteiger partial charge in [-0.25, -0.2) is 0 Å². The van der Waals surface area contributed by atoms with Crippen LogP contribution >= 0.6 is 0 Å². The summed E-state index contributed by atoms with van der Waals surface area (Å²) in [7, 11) is 2.91. The maximum atomic E-state index is 6.46. The molecule has 2 nitrogen and oxygen atoms in total. The van der Waals surface area contributed by atoms with E-state index in [1.807, 2.05) is 5.92 Å². The van der Waals surface area contributed by atoms with Crippen molar-refractivity contribution in [1.29, 1.82) is 0 Å². The Morgan fingerprint density at radius 2 is 1.67 bits per heavy atom. The molecule has 48 valence electrons. The van der Waals surface area contributed by atoms with E-state index in [0.29, 0.717) is 0 Å². The molecule has 0 rings (SSSR count). The van der Waals surface area contributed by atoms with Crippen molar-refractivity contribution in [3.05, 3.63) is 6.42 Å². The van der Waals surface area contributed by atoms with E-state index in [0.717, 1.165) is 0 Å². The van der Waals surface area contributed by atoms with Gasteiger partial charge in [0.15, 0.2) is 6.29 Å². The van der Waals surface area contributed by atoms with Gasteiger partial charge in [0, 0.05) is 14.2 Å². The van der Waals surface area contributed by atoms with Crippen molar-refractivity contribution in [2.45, 2.75) is 6.29 Å². The van der Waals surface area contributed by atoms with Crippen LogP contribution in [-0.2, 0) is 9.47 Å². The van der Waals surface area contributed by atoms with Crippen molar-refractivity contribution < 1.29 is 26.5 Å². The van der Waals surface area contributed by atoms with Gasteiger partial charge in [-0.2, -0.15) is 0 Å². The van der Waals surface area contributed by atoms with Crippen LogP contribution in [0.4, 0.5) is 0 Å². The van der Waals surface area contributed by atoms with Gasteiger partial charge in [0.1, 0.15) is 0 Å². The van der Waals surface area contributed by atoms with Gasteiger partial charge in [-0.1, -0.05) is 0 Å². The van der Waals surface area contributed by atoms with E-state index in [-0.39, 0.29) is 40.0 Å². The Morgan fingerprint density at radius 1 is 1.33 bits per heavy atom. The van der Waals surface area contributed by atoms with E-state index in [2.05, 4.69) is 9.47 Å². The number of halogens is 1. The number of hydrogen-bond acceptors (Lipinski definition) is 2. The fourth-order valence-corrected chi connectivity index (χ4v) is 0.214. The largest absolute Gasteiger partial charge is 2.00 e. The molecule has 0 saturated carbocycles. The zero-order chi connectivity index (χ0) is 5.70. The summed E-state index contributed by atoms with van der Waals surface area (Å²) in [6.45, 7) is 0. The monoisotopic (exact) mass is 202 g/mol. The van der Waals surface area contributed by atoms with Crippen LogP contribution in [0.5, 0.6) is 0 Å². The van der Waals surface area contributed by atoms with Crippen molar-refractivity contribution in [2.75, 3.05) is 14.2 Å². The molecule has 0 bridgehead atoms. The number of hydrogen-bond donors (Lipinski definition) is 0. The molecule has 4 heteroatoms. The summed E-state index contributed by atoms with van der Waals surface area (Å²) in [6.07, 6.45) is 5.86. The van der Waals surface area contributed by atoms with Crippen LogP contribution < -0.4 is 17.0 Å². The van der Waals surface area contributed by atoms with Gasteiger partial charge in [-0.05, 0) is 0 Å². The molecule has 0 aliphatic heterocycles. The minimum Gasteiger partial charge on any atom is -1.00 e. The van der Waals surface area contributed by atoms with E-state index in [9.17, 15) is 0 Å². The molecule has 0 saturated heterocycles. The molecule has 0 unspecified atom stereocenters. The summed E-state index contributed by atoms with van der Waals surface area (Å²) >= 11 is 0. The van der Waals surface area contributed by atoms with Crippen LogP contribution in [0.3, 0.4) is 0 Å². The van der Waals surface area contributed by atoms with Gasteiger partial charge >= 0.3 is 23.1 Å². The molecule has 0 aromatic heterocycles. The van der Waals surface area contributed by atoms with Gasteiger partial charge in [0.05, 0.1) is 0 Å². The summed E-state index contributed by atoms with van der Waals surface area (Å²) < 4.78 is 9.06. The summed E-state index contributed by atoms with van der Waals surface area (Å²) in [5.74, 6) is 2.01. The predicted octanol–water partition coefficient (Wildman–Crippen LogP) is -3.18. The second-order valence-corrected chi connectivity index (χ2v) is 0.948. The van der Waals surface area contributed by atoms with Crippen molar-refractivity contribution in [2.24, 2.45) is 0 Å². The minimum absolute atomic E-state index is 0. The zero-order valence-electron chi connectivity index (χ0n) is 5.48. The molecule has 0 atom stereocenters. The standard InChI is InChI=1S/C5H7O2.BrH.Mg/c1-4-5(6-2)7-3;;/h5H,2-3H3;1H;/q-1;;+2/p-1. The maximum absolute atomic E-state index is 6.46. The van der Waals surface area contributed by atoms with Gasteiger partial charge in [-0.3, -0.25) is 5.92 Å². The number of rotatable bonds is 2. The van der Waals surface area contributed by atoms with Crippen LogP contribution in [-0.4, -0.2) is 43.6 Å². The van der Waals surface area contributed by atoms with E-state index in [1.54, 1.807) is 0 Å². The van der Waals surface area contributed by atoms with Gasteiger partial charge in [-0.15, -0.1) is 0 Å². The first-order valence-corrected chi connectivity index (χ1v) is 1.83. The summed E-state index contributed by atoms with van der Waals surface area (Å²) in [5.41, 5.74) is 0. The quantitative estimate of drug-likeness (QED) is 0.204. The predicted molar refractivity (Wildman–Crippen MR) is 30.7 cm³/mol. The van der Waals surface area contributed by atoms with E-state index < -0.39 is 6.29 Å². The van der Waals surface area contributed by atoms with Crippen LogP contribution in [0, 0.1) is 12.3 Å². The topological polar surface area (TPSA) is 18.5 Å². The molecule has 0 aliphatic carbocycles. The fourth-order valence-electron chi connectivity index (χ4n) is 0.214. The molecular weight excluding hydrogens is 196 g/mol. The Labute approximate surface area is 82.2 Å². The SMILES string of the molecule is [Br-].[C-]#CC(OC)OC.[Mg+2]. The molecule has 0 amide bonds. The molecule has 0 radical (unpaired) electrons. The molecule has 0 spiro atoms. The summed E-state index contributed by atoms with van der Waals surface area (Å²) in [5, 5.41) is 0. The molecule has 0 fully saturated rings. The summed E-state index contributed by atoms with van der Waals surface area (Å²) in [6, 6.07) is 0. The Bertz CT molecular complexity index is 77.5. The zero-order valence-corrected chi connectivity index (χ0v) is 8.48. The van der Waals surface area contributed by atoms with Crippen molar-refractivity contribution >= 4 is 23.1 Å². The fraction of sp³-hybridized carbons (Fsp3) is 0.600. The molecular formula is C5H7BrMgO2. The van der Waals surface area contributed by atoms with Crippen LogP contribution in [0.2, 0.25) is 0 Å². The molecule has 0 N–H and O–H groups in total. The van der Waals surface area contributed by atoms with Crippen molar-refractivity contribution in [1.82, 2.24) is 0 Å². The molecule has 0 heterocycles. The average molecular weight is 203 g/mol. The van der Waals surface area contributed by atoms with Gasteiger partial charge in [0.2, 0.25) is 0 Å². The third-order valence-electron chi connectivity index (χ3n) is 0.546. The third kappa shape index (κ3) is 8.73. The molecule has 0 aromatic rings. The Hall–Kier alpha value is 0.726. The molecule has 0 aromatic carbocycles. The second kappa shape index (κ2) is 11.5. The van der Waals surface area contributed by atoms with E-state index >= 15 is 0 Å². The second-order valence-electron chi connectivity index (χ2n) is 0.948. The number of ether oxygens (including phenoxy) is 2. The van der Waals surface area contributed by atoms with E-state index in [4.69, 9.17) is 6.42 Å². The Kier molecular flexibility index (Phi) is 20.9. The van der Waals surface area contributed by atoms with Crippen LogP contribution in [0.15, 0.2) is 0 Å². The first-order chi connectivity index (χ1) is 3.35. The van der Waals surface area contributed by atoms with Crippen LogP contribution in [0.1, 0.15) is 0 Å². The van der Waals surface area contributed by atoms with Gasteiger partial charge < -0.3 is 32.9 Å². The first kappa shape index (κ1) is 16.4. The van der Waals surface area contributed by atoms with Gasteiger partial charge in [0.25, 0.3) is 0 Å². The van der Waals surface area contributed by atoms with Crippen molar-refractivity contribution in [3.8, 4) is 5.92 Å². The van der Waals surface area contributed by atoms with E-state index in [1.165, 1.54) is 14.2 Å². The number of methoxy groups -OCH3 is 2. The minimum atomic E-state index is -0.597. The first-order valence-electron chi connectivity index (χ1n) is 1.83.